The first-order valence-corrected chi connectivity index (χ1v) is 6.41. The molecule has 0 fully saturated rings. The molecule has 0 spiro atoms. The number of carbonyl (C=O) groups excluding carboxylic acids is 2. The molecule has 0 saturated carbocycles. The minimum absolute atomic E-state index is 0.0760. The molecule has 1 rings (SSSR count). The Labute approximate surface area is 117 Å². The molecule has 1 aromatic carbocycles. The molecule has 0 aliphatic heterocycles. The molecular weight excluding hydrogens is 267 g/mol. The van der Waals surface area contributed by atoms with Gasteiger partial charge in [0.05, 0.1) is 0 Å². The zero-order valence-corrected chi connectivity index (χ0v) is 11.8. The van der Waals surface area contributed by atoms with Crippen LogP contribution in [0, 0.1) is 5.82 Å². The minimum Gasteiger partial charge on any atom is -0.354 e. The number of hydrogen-bond donors (Lipinski definition) is 3. The maximum absolute atomic E-state index is 13.0. The molecule has 0 aromatic heterocycles. The molecule has 1 aromatic rings. The fraction of sp³-hybridized carbons (Fsp3) is 0.385. The van der Waals surface area contributed by atoms with Gasteiger partial charge in [-0.2, -0.15) is 0 Å². The Hall–Kier alpha value is -1.56. The summed E-state index contributed by atoms with van der Waals surface area (Å²) in [6.07, 6.45) is 0.207. The van der Waals surface area contributed by atoms with E-state index < -0.39 is 5.82 Å². The zero-order valence-electron chi connectivity index (χ0n) is 10.9. The summed E-state index contributed by atoms with van der Waals surface area (Å²) < 4.78 is 13.0. The monoisotopic (exact) mass is 284 g/mol. The third-order valence-electron chi connectivity index (χ3n) is 2.30. The lowest BCUT2D eigenvalue weighted by molar-refractivity contribution is -0.121. The van der Waals surface area contributed by atoms with Crippen molar-refractivity contribution in [3.8, 4) is 0 Å². The van der Waals surface area contributed by atoms with Crippen molar-refractivity contribution in [1.29, 1.82) is 0 Å². The van der Waals surface area contributed by atoms with E-state index in [4.69, 9.17) is 0 Å². The maximum Gasteiger partial charge on any atom is 0.251 e. The summed E-state index contributed by atoms with van der Waals surface area (Å²) in [6.45, 7) is 3.96. The lowest BCUT2D eigenvalue weighted by Gasteiger charge is -2.09. The lowest BCUT2D eigenvalue weighted by atomic mass is 10.2. The molecule has 0 saturated heterocycles. The van der Waals surface area contributed by atoms with Crippen LogP contribution in [0.2, 0.25) is 0 Å². The van der Waals surface area contributed by atoms with Gasteiger partial charge in [-0.3, -0.25) is 9.59 Å². The summed E-state index contributed by atoms with van der Waals surface area (Å²) in [5, 5.41) is 5.31. The van der Waals surface area contributed by atoms with E-state index in [9.17, 15) is 14.0 Å². The third-order valence-corrected chi connectivity index (χ3v) is 2.64. The Morgan fingerprint density at radius 3 is 2.63 bits per heavy atom. The number of nitrogens with one attached hydrogen (secondary N) is 2. The lowest BCUT2D eigenvalue weighted by Crippen LogP contribution is -2.34. The molecule has 4 nitrogen and oxygen atoms in total. The summed E-state index contributed by atoms with van der Waals surface area (Å²) in [4.78, 5) is 23.2. The van der Waals surface area contributed by atoms with Gasteiger partial charge in [-0.15, -0.1) is 12.6 Å². The van der Waals surface area contributed by atoms with Crippen LogP contribution in [0.4, 0.5) is 4.39 Å². The molecule has 2 N–H and O–H groups in total. The van der Waals surface area contributed by atoms with Crippen LogP contribution < -0.4 is 10.6 Å². The van der Waals surface area contributed by atoms with Crippen molar-refractivity contribution < 1.29 is 14.0 Å². The fourth-order valence-corrected chi connectivity index (χ4v) is 1.65. The largest absolute Gasteiger partial charge is 0.354 e. The van der Waals surface area contributed by atoms with E-state index in [0.717, 1.165) is 0 Å². The molecule has 0 radical (unpaired) electrons. The van der Waals surface area contributed by atoms with Gasteiger partial charge in [0.25, 0.3) is 5.91 Å². The van der Waals surface area contributed by atoms with Gasteiger partial charge in [0, 0.05) is 29.5 Å². The number of thiol groups is 1. The standard InChI is InChI=1S/C13H17FN2O2S/c1-8(2)16-12(17)5-6-15-13(18)9-3-4-10(14)11(19)7-9/h3-4,7-8,19H,5-6H2,1-2H3,(H,15,18)(H,16,17). The summed E-state index contributed by atoms with van der Waals surface area (Å²) >= 11 is 3.90. The third kappa shape index (κ3) is 5.30. The molecule has 6 heteroatoms. The Morgan fingerprint density at radius 1 is 1.37 bits per heavy atom. The van der Waals surface area contributed by atoms with Gasteiger partial charge in [-0.1, -0.05) is 0 Å². The van der Waals surface area contributed by atoms with Crippen LogP contribution in [0.25, 0.3) is 0 Å². The number of benzene rings is 1. The second-order valence-corrected chi connectivity index (χ2v) is 4.88. The molecule has 0 unspecified atom stereocenters. The predicted molar refractivity (Wildman–Crippen MR) is 73.9 cm³/mol. The first-order chi connectivity index (χ1) is 8.90. The van der Waals surface area contributed by atoms with Crippen molar-refractivity contribution in [1.82, 2.24) is 10.6 Å². The normalized spacial score (nSPS) is 10.4. The zero-order chi connectivity index (χ0) is 14.4. The van der Waals surface area contributed by atoms with Crippen LogP contribution >= 0.6 is 12.6 Å². The molecule has 0 aliphatic rings. The smallest absolute Gasteiger partial charge is 0.251 e. The molecule has 0 atom stereocenters. The van der Waals surface area contributed by atoms with Crippen LogP contribution in [-0.4, -0.2) is 24.4 Å². The highest BCUT2D eigenvalue weighted by atomic mass is 32.1. The van der Waals surface area contributed by atoms with E-state index in [0.29, 0.717) is 5.56 Å². The van der Waals surface area contributed by atoms with E-state index in [1.807, 2.05) is 13.8 Å². The van der Waals surface area contributed by atoms with Gasteiger partial charge in [-0.05, 0) is 32.0 Å². The Balaban J connectivity index is 2.43. The molecular formula is C13H17FN2O2S. The number of rotatable bonds is 5. The molecule has 19 heavy (non-hydrogen) atoms. The second kappa shape index (κ2) is 7.13. The summed E-state index contributed by atoms with van der Waals surface area (Å²) in [7, 11) is 0. The SMILES string of the molecule is CC(C)NC(=O)CCNC(=O)c1ccc(F)c(S)c1. The second-order valence-electron chi connectivity index (χ2n) is 4.39. The van der Waals surface area contributed by atoms with Gasteiger partial charge < -0.3 is 10.6 Å². The van der Waals surface area contributed by atoms with Crippen LogP contribution in [0.15, 0.2) is 23.1 Å². The Morgan fingerprint density at radius 2 is 2.05 bits per heavy atom. The van der Waals surface area contributed by atoms with Crippen molar-refractivity contribution in [2.45, 2.75) is 31.2 Å². The maximum atomic E-state index is 13.0. The van der Waals surface area contributed by atoms with Crippen LogP contribution in [0.3, 0.4) is 0 Å². The highest BCUT2D eigenvalue weighted by Gasteiger charge is 2.09. The van der Waals surface area contributed by atoms with Crippen molar-refractivity contribution >= 4 is 24.4 Å². The minimum atomic E-state index is -0.476. The summed E-state index contributed by atoms with van der Waals surface area (Å²) in [5.41, 5.74) is 0.315. The highest BCUT2D eigenvalue weighted by Crippen LogP contribution is 2.13. The molecule has 0 aliphatic carbocycles. The van der Waals surface area contributed by atoms with Gasteiger partial charge >= 0.3 is 0 Å². The number of halogens is 1. The molecule has 2 amide bonds. The van der Waals surface area contributed by atoms with Crippen molar-refractivity contribution in [3.63, 3.8) is 0 Å². The van der Waals surface area contributed by atoms with Crippen molar-refractivity contribution in [2.75, 3.05) is 6.54 Å². The van der Waals surface area contributed by atoms with Gasteiger partial charge in [-0.25, -0.2) is 4.39 Å². The van der Waals surface area contributed by atoms with Crippen molar-refractivity contribution in [3.05, 3.63) is 29.6 Å². The number of carbonyl (C=O) groups is 2. The molecule has 104 valence electrons. The average Bonchev–Trinajstić information content (AvgIpc) is 2.31. The summed E-state index contributed by atoms with van der Waals surface area (Å²) in [6, 6.07) is 3.98. The number of amides is 2. The molecule has 0 heterocycles. The van der Waals surface area contributed by atoms with E-state index in [2.05, 4.69) is 23.3 Å². The first kappa shape index (κ1) is 15.5. The number of hydrogen-bond acceptors (Lipinski definition) is 3. The Bertz CT molecular complexity index is 478. The van der Waals surface area contributed by atoms with Crippen LogP contribution in [0.5, 0.6) is 0 Å². The average molecular weight is 284 g/mol. The fourth-order valence-electron chi connectivity index (χ4n) is 1.44. The topological polar surface area (TPSA) is 58.2 Å². The van der Waals surface area contributed by atoms with Gasteiger partial charge in [0.15, 0.2) is 0 Å². The quantitative estimate of drug-likeness (QED) is 0.722. The van der Waals surface area contributed by atoms with E-state index in [1.165, 1.54) is 18.2 Å². The van der Waals surface area contributed by atoms with Crippen LogP contribution in [-0.2, 0) is 4.79 Å². The van der Waals surface area contributed by atoms with E-state index in [1.54, 1.807) is 0 Å². The first-order valence-electron chi connectivity index (χ1n) is 5.96. The van der Waals surface area contributed by atoms with Gasteiger partial charge in [0.1, 0.15) is 5.82 Å². The Kier molecular flexibility index (Phi) is 5.82. The van der Waals surface area contributed by atoms with E-state index in [-0.39, 0.29) is 35.7 Å². The van der Waals surface area contributed by atoms with E-state index >= 15 is 0 Å². The molecule has 0 bridgehead atoms. The predicted octanol–water partition coefficient (Wildman–Crippen LogP) is 1.76. The summed E-state index contributed by atoms with van der Waals surface area (Å²) in [5.74, 6) is -0.951. The van der Waals surface area contributed by atoms with Gasteiger partial charge in [0.2, 0.25) is 5.91 Å². The van der Waals surface area contributed by atoms with Crippen LogP contribution in [0.1, 0.15) is 30.6 Å². The highest BCUT2D eigenvalue weighted by molar-refractivity contribution is 7.80. The van der Waals surface area contributed by atoms with Crippen molar-refractivity contribution in [2.24, 2.45) is 0 Å².